The maximum absolute atomic E-state index is 11.8. The van der Waals surface area contributed by atoms with Crippen molar-refractivity contribution >= 4 is 5.97 Å². The summed E-state index contributed by atoms with van der Waals surface area (Å²) in [5.74, 6) is 1.22. The van der Waals surface area contributed by atoms with Crippen molar-refractivity contribution in [1.82, 2.24) is 15.0 Å². The Hall–Kier alpha value is -2.11. The van der Waals surface area contributed by atoms with Gasteiger partial charge in [0.1, 0.15) is 18.1 Å². The summed E-state index contributed by atoms with van der Waals surface area (Å²) >= 11 is 0. The minimum atomic E-state index is -0.419. The number of furan rings is 1. The molecule has 0 aromatic carbocycles. The van der Waals surface area contributed by atoms with E-state index in [1.807, 2.05) is 26.0 Å². The molecule has 0 saturated carbocycles. The fourth-order valence-electron chi connectivity index (χ4n) is 2.02. The second kappa shape index (κ2) is 6.36. The SMILES string of the molecule is CCCc1c(C(=O)OCC)nnn1Cc1ccc(C)o1. The minimum absolute atomic E-state index is 0.303. The first kappa shape index (κ1) is 14.3. The van der Waals surface area contributed by atoms with Crippen LogP contribution in [0.2, 0.25) is 0 Å². The standard InChI is InChI=1S/C14H19N3O3/c1-4-6-12-13(14(18)19-5-2)15-16-17(12)9-11-8-7-10(3)20-11/h7-8H,4-6,9H2,1-3H3. The van der Waals surface area contributed by atoms with E-state index in [0.29, 0.717) is 18.8 Å². The number of hydrogen-bond donors (Lipinski definition) is 0. The monoisotopic (exact) mass is 277 g/mol. The number of nitrogens with zero attached hydrogens (tertiary/aromatic N) is 3. The summed E-state index contributed by atoms with van der Waals surface area (Å²) in [5.41, 5.74) is 1.09. The summed E-state index contributed by atoms with van der Waals surface area (Å²) in [7, 11) is 0. The van der Waals surface area contributed by atoms with Gasteiger partial charge < -0.3 is 9.15 Å². The Kier molecular flexibility index (Phi) is 4.55. The van der Waals surface area contributed by atoms with Gasteiger partial charge in [-0.3, -0.25) is 0 Å². The fourth-order valence-corrected chi connectivity index (χ4v) is 2.02. The number of rotatable bonds is 6. The van der Waals surface area contributed by atoms with Crippen molar-refractivity contribution in [2.75, 3.05) is 6.61 Å². The highest BCUT2D eigenvalue weighted by Crippen LogP contribution is 2.14. The Morgan fingerprint density at radius 2 is 2.20 bits per heavy atom. The van der Waals surface area contributed by atoms with Gasteiger partial charge in [0.25, 0.3) is 0 Å². The topological polar surface area (TPSA) is 70.2 Å². The van der Waals surface area contributed by atoms with Gasteiger partial charge in [0.05, 0.1) is 12.3 Å². The van der Waals surface area contributed by atoms with Crippen molar-refractivity contribution in [2.24, 2.45) is 0 Å². The van der Waals surface area contributed by atoms with Crippen LogP contribution in [0.5, 0.6) is 0 Å². The number of carbonyl (C=O) groups is 1. The van der Waals surface area contributed by atoms with Gasteiger partial charge in [-0.2, -0.15) is 0 Å². The quantitative estimate of drug-likeness (QED) is 0.758. The molecule has 2 heterocycles. The van der Waals surface area contributed by atoms with E-state index in [2.05, 4.69) is 10.3 Å². The molecule has 0 spiro atoms. The molecule has 2 rings (SSSR count). The van der Waals surface area contributed by atoms with Crippen LogP contribution in [-0.2, 0) is 17.7 Å². The van der Waals surface area contributed by atoms with Gasteiger partial charge in [-0.15, -0.1) is 5.10 Å². The third-order valence-electron chi connectivity index (χ3n) is 2.89. The van der Waals surface area contributed by atoms with Crippen LogP contribution in [0.3, 0.4) is 0 Å². The van der Waals surface area contributed by atoms with Crippen molar-refractivity contribution in [3.63, 3.8) is 0 Å². The van der Waals surface area contributed by atoms with Gasteiger partial charge in [-0.1, -0.05) is 18.6 Å². The van der Waals surface area contributed by atoms with Gasteiger partial charge in [0.2, 0.25) is 0 Å². The van der Waals surface area contributed by atoms with E-state index in [0.717, 1.165) is 30.1 Å². The molecule has 0 unspecified atom stereocenters. The van der Waals surface area contributed by atoms with Gasteiger partial charge in [-0.25, -0.2) is 9.48 Å². The molecule has 0 aliphatic heterocycles. The summed E-state index contributed by atoms with van der Waals surface area (Å²) in [6.45, 7) is 6.50. The second-order valence-electron chi connectivity index (χ2n) is 4.53. The van der Waals surface area contributed by atoms with Crippen molar-refractivity contribution in [1.29, 1.82) is 0 Å². The van der Waals surface area contributed by atoms with Gasteiger partial charge in [-0.05, 0) is 32.4 Å². The van der Waals surface area contributed by atoms with Crippen LogP contribution in [0.25, 0.3) is 0 Å². The van der Waals surface area contributed by atoms with E-state index < -0.39 is 5.97 Å². The summed E-state index contributed by atoms with van der Waals surface area (Å²) in [6, 6.07) is 3.80. The molecule has 0 saturated heterocycles. The van der Waals surface area contributed by atoms with E-state index in [4.69, 9.17) is 9.15 Å². The fraction of sp³-hybridized carbons (Fsp3) is 0.500. The number of aromatic nitrogens is 3. The molecule has 2 aromatic heterocycles. The highest BCUT2D eigenvalue weighted by Gasteiger charge is 2.20. The molecule has 6 nitrogen and oxygen atoms in total. The molecule has 0 fully saturated rings. The van der Waals surface area contributed by atoms with Gasteiger partial charge >= 0.3 is 5.97 Å². The third kappa shape index (κ3) is 3.07. The largest absolute Gasteiger partial charge is 0.464 e. The number of carbonyl (C=O) groups excluding carboxylic acids is 1. The van der Waals surface area contributed by atoms with Crippen molar-refractivity contribution in [2.45, 2.75) is 40.2 Å². The van der Waals surface area contributed by atoms with Crippen LogP contribution in [0, 0.1) is 6.92 Å². The van der Waals surface area contributed by atoms with Gasteiger partial charge in [0, 0.05) is 0 Å². The highest BCUT2D eigenvalue weighted by atomic mass is 16.5. The molecule has 108 valence electrons. The van der Waals surface area contributed by atoms with E-state index in [-0.39, 0.29) is 0 Å². The Labute approximate surface area is 117 Å². The number of ether oxygens (including phenoxy) is 1. The van der Waals surface area contributed by atoms with Crippen LogP contribution >= 0.6 is 0 Å². The Bertz CT molecular complexity index is 586. The zero-order valence-corrected chi connectivity index (χ0v) is 12.0. The van der Waals surface area contributed by atoms with E-state index >= 15 is 0 Å². The molecule has 0 amide bonds. The van der Waals surface area contributed by atoms with Crippen molar-refractivity contribution < 1.29 is 13.9 Å². The smallest absolute Gasteiger partial charge is 0.360 e. The Balaban J connectivity index is 2.26. The summed E-state index contributed by atoms with van der Waals surface area (Å²) in [5, 5.41) is 8.00. The normalized spacial score (nSPS) is 10.8. The van der Waals surface area contributed by atoms with Crippen LogP contribution in [0.1, 0.15) is 48.0 Å². The second-order valence-corrected chi connectivity index (χ2v) is 4.53. The first-order chi connectivity index (χ1) is 9.65. The predicted octanol–water partition coefficient (Wildman–Crippen LogP) is 2.36. The maximum Gasteiger partial charge on any atom is 0.360 e. The molecular formula is C14H19N3O3. The predicted molar refractivity (Wildman–Crippen MR) is 72.5 cm³/mol. The number of hydrogen-bond acceptors (Lipinski definition) is 5. The summed E-state index contributed by atoms with van der Waals surface area (Å²) < 4.78 is 12.2. The van der Waals surface area contributed by atoms with Crippen LogP contribution in [0.15, 0.2) is 16.5 Å². The number of esters is 1. The molecule has 0 radical (unpaired) electrons. The molecule has 20 heavy (non-hydrogen) atoms. The molecule has 2 aromatic rings. The van der Waals surface area contributed by atoms with Crippen LogP contribution in [-0.4, -0.2) is 27.6 Å². The summed E-state index contributed by atoms with van der Waals surface area (Å²) in [6.07, 6.45) is 1.62. The molecule has 6 heteroatoms. The zero-order valence-electron chi connectivity index (χ0n) is 12.0. The molecule has 0 atom stereocenters. The lowest BCUT2D eigenvalue weighted by Gasteiger charge is -2.05. The third-order valence-corrected chi connectivity index (χ3v) is 2.89. The van der Waals surface area contributed by atoms with Crippen LogP contribution < -0.4 is 0 Å². The summed E-state index contributed by atoms with van der Waals surface area (Å²) in [4.78, 5) is 11.8. The van der Waals surface area contributed by atoms with E-state index in [1.54, 1.807) is 11.6 Å². The molecule has 0 bridgehead atoms. The highest BCUT2D eigenvalue weighted by molar-refractivity contribution is 5.88. The Morgan fingerprint density at radius 3 is 2.80 bits per heavy atom. The van der Waals surface area contributed by atoms with Crippen molar-refractivity contribution in [3.05, 3.63) is 35.0 Å². The molecule has 0 aliphatic rings. The van der Waals surface area contributed by atoms with E-state index in [9.17, 15) is 4.79 Å². The van der Waals surface area contributed by atoms with Crippen molar-refractivity contribution in [3.8, 4) is 0 Å². The zero-order chi connectivity index (χ0) is 14.5. The molecular weight excluding hydrogens is 258 g/mol. The maximum atomic E-state index is 11.8. The average molecular weight is 277 g/mol. The van der Waals surface area contributed by atoms with E-state index in [1.165, 1.54) is 0 Å². The lowest BCUT2D eigenvalue weighted by Crippen LogP contribution is -2.11. The molecule has 0 N–H and O–H groups in total. The van der Waals surface area contributed by atoms with Crippen LogP contribution in [0.4, 0.5) is 0 Å². The number of aryl methyl sites for hydroxylation is 1. The first-order valence-electron chi connectivity index (χ1n) is 6.80. The lowest BCUT2D eigenvalue weighted by molar-refractivity contribution is 0.0518. The molecule has 0 aliphatic carbocycles. The lowest BCUT2D eigenvalue weighted by atomic mass is 10.2. The minimum Gasteiger partial charge on any atom is -0.464 e. The average Bonchev–Trinajstić information content (AvgIpc) is 2.99. The van der Waals surface area contributed by atoms with Gasteiger partial charge in [0.15, 0.2) is 5.69 Å². The Morgan fingerprint density at radius 1 is 1.40 bits per heavy atom. The first-order valence-corrected chi connectivity index (χ1v) is 6.80.